The fourth-order valence-corrected chi connectivity index (χ4v) is 3.17. The molecule has 0 radical (unpaired) electrons. The molecule has 0 aromatic heterocycles. The Morgan fingerprint density at radius 2 is 1.71 bits per heavy atom. The quantitative estimate of drug-likeness (QED) is 0.745. The lowest BCUT2D eigenvalue weighted by Gasteiger charge is -2.28. The van der Waals surface area contributed by atoms with Crippen molar-refractivity contribution in [3.63, 3.8) is 0 Å². The fourth-order valence-electron chi connectivity index (χ4n) is 3.17. The number of anilines is 1. The van der Waals surface area contributed by atoms with Gasteiger partial charge in [-0.25, -0.2) is 0 Å². The molecule has 0 heterocycles. The number of hydrogen-bond donors (Lipinski definition) is 3. The van der Waals surface area contributed by atoms with E-state index >= 15 is 0 Å². The SMILES string of the molecule is CC(C)(C)c1ccccc1NC(=O)C(=O)NC1CCC(CO)CC1. The molecule has 132 valence electrons. The molecule has 0 aliphatic heterocycles. The van der Waals surface area contributed by atoms with E-state index in [1.54, 1.807) is 0 Å². The van der Waals surface area contributed by atoms with E-state index in [2.05, 4.69) is 31.4 Å². The second-order valence-corrected chi connectivity index (χ2v) is 7.62. The van der Waals surface area contributed by atoms with Gasteiger partial charge >= 0.3 is 11.8 Å². The number of nitrogens with one attached hydrogen (secondary N) is 2. The predicted octanol–water partition coefficient (Wildman–Crippen LogP) is 2.59. The molecule has 1 saturated carbocycles. The summed E-state index contributed by atoms with van der Waals surface area (Å²) in [6.07, 6.45) is 3.39. The second kappa shape index (κ2) is 7.79. The number of carbonyl (C=O) groups is 2. The molecule has 5 heteroatoms. The molecule has 2 amide bonds. The molecule has 0 bridgehead atoms. The normalized spacial score (nSPS) is 21.2. The minimum Gasteiger partial charge on any atom is -0.396 e. The first-order chi connectivity index (χ1) is 11.3. The first-order valence-corrected chi connectivity index (χ1v) is 8.63. The molecular weight excluding hydrogens is 304 g/mol. The van der Waals surface area contributed by atoms with Crippen LogP contribution in [0.4, 0.5) is 5.69 Å². The average molecular weight is 332 g/mol. The Hall–Kier alpha value is -1.88. The van der Waals surface area contributed by atoms with Crippen molar-refractivity contribution in [3.05, 3.63) is 29.8 Å². The van der Waals surface area contributed by atoms with Crippen LogP contribution in [0.5, 0.6) is 0 Å². The Morgan fingerprint density at radius 3 is 2.29 bits per heavy atom. The van der Waals surface area contributed by atoms with Gasteiger partial charge in [0.2, 0.25) is 0 Å². The van der Waals surface area contributed by atoms with Crippen LogP contribution in [0.2, 0.25) is 0 Å². The van der Waals surface area contributed by atoms with Crippen molar-refractivity contribution in [1.29, 1.82) is 0 Å². The standard InChI is InChI=1S/C19H28N2O3/c1-19(2,3)15-6-4-5-7-16(15)21-18(24)17(23)20-14-10-8-13(12-22)9-11-14/h4-7,13-14,22H,8-12H2,1-3H3,(H,20,23)(H,21,24). The van der Waals surface area contributed by atoms with Gasteiger partial charge in [-0.3, -0.25) is 9.59 Å². The lowest BCUT2D eigenvalue weighted by molar-refractivity contribution is -0.136. The third-order valence-corrected chi connectivity index (χ3v) is 4.63. The molecule has 1 aromatic rings. The van der Waals surface area contributed by atoms with E-state index in [1.165, 1.54) is 0 Å². The lowest BCUT2D eigenvalue weighted by Crippen LogP contribution is -2.43. The Kier molecular flexibility index (Phi) is 5.99. The van der Waals surface area contributed by atoms with Crippen LogP contribution in [0.1, 0.15) is 52.0 Å². The Bertz CT molecular complexity index is 585. The van der Waals surface area contributed by atoms with Crippen molar-refractivity contribution in [3.8, 4) is 0 Å². The van der Waals surface area contributed by atoms with E-state index in [4.69, 9.17) is 5.11 Å². The molecule has 1 aliphatic rings. The van der Waals surface area contributed by atoms with Gasteiger partial charge in [0.25, 0.3) is 0 Å². The highest BCUT2D eigenvalue weighted by molar-refractivity contribution is 6.39. The molecular formula is C19H28N2O3. The number of hydrogen-bond acceptors (Lipinski definition) is 3. The molecule has 0 unspecified atom stereocenters. The minimum atomic E-state index is -0.629. The molecule has 0 spiro atoms. The van der Waals surface area contributed by atoms with Gasteiger partial charge in [-0.1, -0.05) is 39.0 Å². The van der Waals surface area contributed by atoms with Crippen LogP contribution in [0, 0.1) is 5.92 Å². The largest absolute Gasteiger partial charge is 0.396 e. The van der Waals surface area contributed by atoms with E-state index < -0.39 is 11.8 Å². The Balaban J connectivity index is 1.94. The molecule has 1 aliphatic carbocycles. The summed E-state index contributed by atoms with van der Waals surface area (Å²) in [5.41, 5.74) is 1.55. The second-order valence-electron chi connectivity index (χ2n) is 7.62. The Morgan fingerprint density at radius 1 is 1.08 bits per heavy atom. The van der Waals surface area contributed by atoms with Crippen LogP contribution in [-0.4, -0.2) is 29.6 Å². The summed E-state index contributed by atoms with van der Waals surface area (Å²) >= 11 is 0. The molecule has 2 rings (SSSR count). The number of aliphatic hydroxyl groups is 1. The van der Waals surface area contributed by atoms with Crippen LogP contribution in [0.25, 0.3) is 0 Å². The van der Waals surface area contributed by atoms with Crippen molar-refractivity contribution in [1.82, 2.24) is 5.32 Å². The Labute approximate surface area is 143 Å². The van der Waals surface area contributed by atoms with Crippen LogP contribution in [0.15, 0.2) is 24.3 Å². The summed E-state index contributed by atoms with van der Waals surface area (Å²) in [6.45, 7) is 6.40. The van der Waals surface area contributed by atoms with Gasteiger partial charge in [-0.2, -0.15) is 0 Å². The smallest absolute Gasteiger partial charge is 0.313 e. The maximum atomic E-state index is 12.2. The van der Waals surface area contributed by atoms with Crippen molar-refractivity contribution in [2.45, 2.75) is 57.9 Å². The molecule has 5 nitrogen and oxygen atoms in total. The highest BCUT2D eigenvalue weighted by atomic mass is 16.3. The van der Waals surface area contributed by atoms with Gasteiger partial charge in [-0.15, -0.1) is 0 Å². The van der Waals surface area contributed by atoms with Crippen molar-refractivity contribution in [2.24, 2.45) is 5.92 Å². The van der Waals surface area contributed by atoms with Crippen molar-refractivity contribution < 1.29 is 14.7 Å². The zero-order valence-electron chi connectivity index (χ0n) is 14.8. The molecule has 3 N–H and O–H groups in total. The third-order valence-electron chi connectivity index (χ3n) is 4.63. The van der Waals surface area contributed by atoms with Gasteiger partial charge < -0.3 is 15.7 Å². The number of amides is 2. The number of carbonyl (C=O) groups excluding carboxylic acids is 2. The third kappa shape index (κ3) is 4.81. The summed E-state index contributed by atoms with van der Waals surface area (Å²) in [5, 5.41) is 14.7. The topological polar surface area (TPSA) is 78.4 Å². The maximum absolute atomic E-state index is 12.2. The highest BCUT2D eigenvalue weighted by Gasteiger charge is 2.25. The van der Waals surface area contributed by atoms with Crippen molar-refractivity contribution >= 4 is 17.5 Å². The molecule has 1 fully saturated rings. The van der Waals surface area contributed by atoms with Gasteiger partial charge in [0.15, 0.2) is 0 Å². The predicted molar refractivity (Wildman–Crippen MR) is 94.7 cm³/mol. The van der Waals surface area contributed by atoms with Crippen LogP contribution in [0.3, 0.4) is 0 Å². The highest BCUT2D eigenvalue weighted by Crippen LogP contribution is 2.29. The fraction of sp³-hybridized carbons (Fsp3) is 0.579. The van der Waals surface area contributed by atoms with Crippen LogP contribution in [-0.2, 0) is 15.0 Å². The zero-order valence-corrected chi connectivity index (χ0v) is 14.8. The maximum Gasteiger partial charge on any atom is 0.313 e. The van der Waals surface area contributed by atoms with E-state index in [0.29, 0.717) is 11.6 Å². The van der Waals surface area contributed by atoms with Crippen LogP contribution >= 0.6 is 0 Å². The molecule has 1 aromatic carbocycles. The minimum absolute atomic E-state index is 0.0175. The van der Waals surface area contributed by atoms with E-state index in [9.17, 15) is 9.59 Å². The van der Waals surface area contributed by atoms with Gasteiger partial charge in [-0.05, 0) is 48.6 Å². The van der Waals surface area contributed by atoms with Gasteiger partial charge in [0, 0.05) is 18.3 Å². The zero-order chi connectivity index (χ0) is 17.7. The molecule has 0 atom stereocenters. The summed E-state index contributed by atoms with van der Waals surface area (Å²) in [7, 11) is 0. The van der Waals surface area contributed by atoms with Gasteiger partial charge in [0.1, 0.15) is 0 Å². The average Bonchev–Trinajstić information content (AvgIpc) is 2.55. The number of rotatable bonds is 3. The van der Waals surface area contributed by atoms with E-state index in [0.717, 1.165) is 31.2 Å². The summed E-state index contributed by atoms with van der Waals surface area (Å²) in [5.74, 6) is -0.896. The van der Waals surface area contributed by atoms with Crippen molar-refractivity contribution in [2.75, 3.05) is 11.9 Å². The number of aliphatic hydroxyl groups excluding tert-OH is 1. The monoisotopic (exact) mass is 332 g/mol. The molecule has 24 heavy (non-hydrogen) atoms. The van der Waals surface area contributed by atoms with E-state index in [-0.39, 0.29) is 18.1 Å². The summed E-state index contributed by atoms with van der Waals surface area (Å²) in [6, 6.07) is 7.57. The summed E-state index contributed by atoms with van der Waals surface area (Å²) in [4.78, 5) is 24.4. The summed E-state index contributed by atoms with van der Waals surface area (Å²) < 4.78 is 0. The first-order valence-electron chi connectivity index (χ1n) is 8.63. The number of benzene rings is 1. The lowest BCUT2D eigenvalue weighted by atomic mass is 9.86. The van der Waals surface area contributed by atoms with Gasteiger partial charge in [0.05, 0.1) is 0 Å². The first kappa shape index (κ1) is 18.5. The molecule has 0 saturated heterocycles. The number of para-hydroxylation sites is 1. The van der Waals surface area contributed by atoms with E-state index in [1.807, 2.05) is 24.3 Å². The van der Waals surface area contributed by atoms with Crippen LogP contribution < -0.4 is 10.6 Å².